The molecule has 1 unspecified atom stereocenters. The highest BCUT2D eigenvalue weighted by Gasteiger charge is 2.30. The van der Waals surface area contributed by atoms with E-state index in [2.05, 4.69) is 12.2 Å². The number of nitrogens with one attached hydrogen (secondary N) is 1. The molecule has 3 nitrogen and oxygen atoms in total. The lowest BCUT2D eigenvalue weighted by Gasteiger charge is -2.23. The second-order valence-corrected chi connectivity index (χ2v) is 5.18. The molecule has 90 valence electrons. The van der Waals surface area contributed by atoms with Gasteiger partial charge < -0.3 is 10.4 Å². The van der Waals surface area contributed by atoms with Crippen molar-refractivity contribution in [3.05, 3.63) is 0 Å². The number of carboxylic acid groups (broad SMARTS) is 1. The minimum atomic E-state index is -0.766. The number of aliphatic carboxylic acids is 1. The Labute approximate surface area is 97.0 Å². The van der Waals surface area contributed by atoms with Gasteiger partial charge in [0.1, 0.15) is 5.54 Å². The summed E-state index contributed by atoms with van der Waals surface area (Å²) in [5, 5.41) is 11.9. The molecule has 0 fully saturated rings. The van der Waals surface area contributed by atoms with Crippen LogP contribution in [0.15, 0.2) is 0 Å². The van der Waals surface area contributed by atoms with Crippen molar-refractivity contribution in [2.45, 2.75) is 45.1 Å². The van der Waals surface area contributed by atoms with E-state index in [1.807, 2.05) is 11.8 Å². The fraction of sp³-hybridized carbons (Fsp3) is 0.909. The summed E-state index contributed by atoms with van der Waals surface area (Å²) >= 11 is 1.85. The van der Waals surface area contributed by atoms with Gasteiger partial charge in [0.2, 0.25) is 0 Å². The molecule has 0 aliphatic carbocycles. The average molecular weight is 233 g/mol. The van der Waals surface area contributed by atoms with E-state index in [4.69, 9.17) is 5.11 Å². The number of hydrogen-bond donors (Lipinski definition) is 2. The van der Waals surface area contributed by atoms with Gasteiger partial charge in [0.15, 0.2) is 0 Å². The molecule has 0 rings (SSSR count). The zero-order chi connectivity index (χ0) is 11.7. The Kier molecular flexibility index (Phi) is 7.88. The number of rotatable bonds is 9. The van der Waals surface area contributed by atoms with Crippen molar-refractivity contribution in [2.24, 2.45) is 0 Å². The van der Waals surface area contributed by atoms with E-state index in [1.165, 1.54) is 19.3 Å². The van der Waals surface area contributed by atoms with Gasteiger partial charge in [-0.3, -0.25) is 4.79 Å². The van der Waals surface area contributed by atoms with Gasteiger partial charge in [-0.1, -0.05) is 19.8 Å². The van der Waals surface area contributed by atoms with Crippen molar-refractivity contribution in [3.8, 4) is 0 Å². The van der Waals surface area contributed by atoms with Crippen LogP contribution >= 0.6 is 11.8 Å². The quantitative estimate of drug-likeness (QED) is 0.600. The van der Waals surface area contributed by atoms with Crippen LogP contribution < -0.4 is 5.32 Å². The Hall–Kier alpha value is -0.220. The molecule has 0 aliphatic rings. The van der Waals surface area contributed by atoms with Gasteiger partial charge in [-0.2, -0.15) is 11.8 Å². The van der Waals surface area contributed by atoms with Crippen LogP contribution in [0.4, 0.5) is 0 Å². The molecule has 0 heterocycles. The molecule has 0 aromatic carbocycles. The maximum absolute atomic E-state index is 10.9. The first-order valence-corrected chi connectivity index (χ1v) is 6.72. The molecule has 2 N–H and O–H groups in total. The first-order valence-electron chi connectivity index (χ1n) is 5.57. The third-order valence-electron chi connectivity index (χ3n) is 2.66. The molecule has 4 heteroatoms. The van der Waals surface area contributed by atoms with E-state index < -0.39 is 11.5 Å². The van der Waals surface area contributed by atoms with Gasteiger partial charge in [0.05, 0.1) is 0 Å². The number of carbonyl (C=O) groups is 1. The van der Waals surface area contributed by atoms with E-state index in [9.17, 15) is 4.79 Å². The third-order valence-corrected chi connectivity index (χ3v) is 3.73. The van der Waals surface area contributed by atoms with Crippen LogP contribution in [0.3, 0.4) is 0 Å². The van der Waals surface area contributed by atoms with Crippen LogP contribution in [-0.2, 0) is 4.79 Å². The first kappa shape index (κ1) is 14.8. The molecule has 0 saturated carbocycles. The normalized spacial score (nSPS) is 14.9. The van der Waals surface area contributed by atoms with E-state index in [0.29, 0.717) is 6.42 Å². The van der Waals surface area contributed by atoms with Crippen LogP contribution in [0, 0.1) is 0 Å². The first-order chi connectivity index (χ1) is 7.06. The topological polar surface area (TPSA) is 49.3 Å². The summed E-state index contributed by atoms with van der Waals surface area (Å²) in [5.41, 5.74) is -0.766. The lowest BCUT2D eigenvalue weighted by molar-refractivity contribution is -0.144. The zero-order valence-corrected chi connectivity index (χ0v) is 10.8. The Morgan fingerprint density at radius 3 is 2.53 bits per heavy atom. The lowest BCUT2D eigenvalue weighted by atomic mass is 10.00. The molecular weight excluding hydrogens is 210 g/mol. The van der Waals surface area contributed by atoms with Crippen molar-refractivity contribution in [1.29, 1.82) is 0 Å². The van der Waals surface area contributed by atoms with Crippen molar-refractivity contribution >= 4 is 17.7 Å². The molecule has 0 saturated heterocycles. The van der Waals surface area contributed by atoms with Crippen LogP contribution in [0.1, 0.15) is 39.5 Å². The van der Waals surface area contributed by atoms with Crippen LogP contribution in [0.2, 0.25) is 0 Å². The second-order valence-electron chi connectivity index (χ2n) is 3.96. The molecule has 0 aliphatic heterocycles. The minimum absolute atomic E-state index is 0.676. The minimum Gasteiger partial charge on any atom is -0.480 e. The summed E-state index contributed by atoms with van der Waals surface area (Å²) < 4.78 is 0. The predicted octanol–water partition coefficient (Wildman–Crippen LogP) is 2.36. The second kappa shape index (κ2) is 7.99. The Morgan fingerprint density at radius 2 is 2.07 bits per heavy atom. The summed E-state index contributed by atoms with van der Waals surface area (Å²) in [6, 6.07) is 0. The van der Waals surface area contributed by atoms with Crippen LogP contribution in [0.5, 0.6) is 0 Å². The fourth-order valence-electron chi connectivity index (χ4n) is 1.17. The maximum Gasteiger partial charge on any atom is 0.323 e. The fourth-order valence-corrected chi connectivity index (χ4v) is 2.34. The van der Waals surface area contributed by atoms with Gasteiger partial charge >= 0.3 is 5.97 Å². The number of unbranched alkanes of at least 4 members (excludes halogenated alkanes) is 2. The van der Waals surface area contributed by atoms with Gasteiger partial charge in [0, 0.05) is 0 Å². The summed E-state index contributed by atoms with van der Waals surface area (Å²) in [6.07, 6.45) is 4.43. The van der Waals surface area contributed by atoms with Crippen molar-refractivity contribution in [3.63, 3.8) is 0 Å². The Bertz CT molecular complexity index is 187. The molecule has 1 atom stereocenters. The SMILES string of the molecule is CCCCCSCCC(C)(NC)C(=O)O. The predicted molar refractivity (Wildman–Crippen MR) is 66.6 cm³/mol. The monoisotopic (exact) mass is 233 g/mol. The molecule has 0 spiro atoms. The Balaban J connectivity index is 3.60. The zero-order valence-electron chi connectivity index (χ0n) is 10.0. The molecule has 0 radical (unpaired) electrons. The smallest absolute Gasteiger partial charge is 0.323 e. The molecule has 0 bridgehead atoms. The number of likely N-dealkylation sites (N-methyl/N-ethyl adjacent to an activating group) is 1. The summed E-state index contributed by atoms with van der Waals surface area (Å²) in [4.78, 5) is 10.9. The third kappa shape index (κ3) is 6.05. The number of thioether (sulfide) groups is 1. The van der Waals surface area contributed by atoms with Crippen molar-refractivity contribution in [1.82, 2.24) is 5.32 Å². The van der Waals surface area contributed by atoms with E-state index >= 15 is 0 Å². The summed E-state index contributed by atoms with van der Waals surface area (Å²) in [5.74, 6) is 1.29. The maximum atomic E-state index is 10.9. The largest absolute Gasteiger partial charge is 0.480 e. The van der Waals surface area contributed by atoms with Gasteiger partial charge in [-0.25, -0.2) is 0 Å². The number of hydrogen-bond acceptors (Lipinski definition) is 3. The molecule has 15 heavy (non-hydrogen) atoms. The van der Waals surface area contributed by atoms with Crippen molar-refractivity contribution < 1.29 is 9.90 Å². The standard InChI is InChI=1S/C11H23NO2S/c1-4-5-6-8-15-9-7-11(2,12-3)10(13)14/h12H,4-9H2,1-3H3,(H,13,14). The van der Waals surface area contributed by atoms with Crippen LogP contribution in [0.25, 0.3) is 0 Å². The Morgan fingerprint density at radius 1 is 1.40 bits per heavy atom. The molecule has 0 aromatic rings. The molecule has 0 aromatic heterocycles. The van der Waals surface area contributed by atoms with Gasteiger partial charge in [-0.15, -0.1) is 0 Å². The number of carboxylic acids is 1. The van der Waals surface area contributed by atoms with Gasteiger partial charge in [-0.05, 0) is 38.3 Å². The van der Waals surface area contributed by atoms with E-state index in [-0.39, 0.29) is 0 Å². The lowest BCUT2D eigenvalue weighted by Crippen LogP contribution is -2.47. The highest BCUT2D eigenvalue weighted by Crippen LogP contribution is 2.15. The highest BCUT2D eigenvalue weighted by molar-refractivity contribution is 7.99. The summed E-state index contributed by atoms with van der Waals surface area (Å²) in [7, 11) is 1.70. The molecule has 0 amide bonds. The highest BCUT2D eigenvalue weighted by atomic mass is 32.2. The van der Waals surface area contributed by atoms with Crippen molar-refractivity contribution in [2.75, 3.05) is 18.6 Å². The summed E-state index contributed by atoms with van der Waals surface area (Å²) in [6.45, 7) is 3.93. The van der Waals surface area contributed by atoms with Gasteiger partial charge in [0.25, 0.3) is 0 Å². The van der Waals surface area contributed by atoms with Crippen LogP contribution in [-0.4, -0.2) is 35.2 Å². The van der Waals surface area contributed by atoms with E-state index in [1.54, 1.807) is 14.0 Å². The molecular formula is C11H23NO2S. The average Bonchev–Trinajstić information content (AvgIpc) is 2.22. The van der Waals surface area contributed by atoms with E-state index in [0.717, 1.165) is 11.5 Å².